The molecule has 2 aliphatic rings. The molecule has 0 amide bonds. The van der Waals surface area contributed by atoms with Gasteiger partial charge in [-0.05, 0) is 90.6 Å². The van der Waals surface area contributed by atoms with Crippen LogP contribution in [0.3, 0.4) is 0 Å². The molecule has 60 heavy (non-hydrogen) atoms. The van der Waals surface area contributed by atoms with E-state index in [9.17, 15) is 19.2 Å². The predicted molar refractivity (Wildman–Crippen MR) is 240 cm³/mol. The van der Waals surface area contributed by atoms with Crippen LogP contribution in [-0.4, -0.2) is 23.1 Å². The van der Waals surface area contributed by atoms with E-state index in [1.807, 2.05) is 182 Å². The van der Waals surface area contributed by atoms with Crippen LogP contribution in [0.25, 0.3) is 65.3 Å². The third-order valence-corrected chi connectivity index (χ3v) is 11.9. The van der Waals surface area contributed by atoms with Gasteiger partial charge in [-0.2, -0.15) is 0 Å². The van der Waals surface area contributed by atoms with Crippen LogP contribution in [0.1, 0.15) is 63.7 Å². The first-order valence-corrected chi connectivity index (χ1v) is 19.9. The lowest BCUT2D eigenvalue weighted by molar-refractivity contribution is 0.0979. The lowest BCUT2D eigenvalue weighted by Gasteiger charge is -2.26. The highest BCUT2D eigenvalue weighted by atomic mass is 16.1. The summed E-state index contributed by atoms with van der Waals surface area (Å²) >= 11 is 0. The van der Waals surface area contributed by atoms with Gasteiger partial charge in [-0.15, -0.1) is 0 Å². The maximum atomic E-state index is 14.4. The Morgan fingerprint density at radius 1 is 0.217 bits per heavy atom. The molecule has 0 saturated carbocycles. The Bertz CT molecular complexity index is 3170. The summed E-state index contributed by atoms with van der Waals surface area (Å²) in [5, 5.41) is 7.72. The highest BCUT2D eigenvalue weighted by molar-refractivity contribution is 6.36. The second-order valence-corrected chi connectivity index (χ2v) is 15.3. The number of rotatable bonds is 2. The smallest absolute Gasteiger partial charge is 0.195 e. The average molecular weight is 769 g/mol. The molecule has 0 N–H and O–H groups in total. The minimum absolute atomic E-state index is 0.0730. The van der Waals surface area contributed by atoms with Crippen LogP contribution in [0.15, 0.2) is 194 Å². The quantitative estimate of drug-likeness (QED) is 0.176. The highest BCUT2D eigenvalue weighted by Gasteiger charge is 2.37. The fourth-order valence-corrected chi connectivity index (χ4v) is 9.11. The number of hydrogen-bond donors (Lipinski definition) is 0. The molecule has 4 heteroatoms. The molecule has 0 aromatic heterocycles. The Labute approximate surface area is 345 Å². The molecule has 2 aliphatic carbocycles. The van der Waals surface area contributed by atoms with Crippen molar-refractivity contribution in [1.29, 1.82) is 0 Å². The molecule has 10 aromatic carbocycles. The first-order chi connectivity index (χ1) is 29.4. The molecular formula is C56H32O4. The Morgan fingerprint density at radius 2 is 0.450 bits per heavy atom. The van der Waals surface area contributed by atoms with E-state index in [0.717, 1.165) is 65.3 Å². The van der Waals surface area contributed by atoms with Gasteiger partial charge in [-0.1, -0.05) is 158 Å². The number of carbonyl (C=O) groups is 4. The summed E-state index contributed by atoms with van der Waals surface area (Å²) in [4.78, 5) is 54.7. The number of fused-ring (bicyclic) bond motifs is 8. The number of carbonyl (C=O) groups excluding carboxylic acids is 4. The third kappa shape index (κ3) is 5.46. The maximum Gasteiger partial charge on any atom is 0.195 e. The Morgan fingerprint density at radius 3 is 0.733 bits per heavy atom. The lowest BCUT2D eigenvalue weighted by Crippen LogP contribution is -2.23. The van der Waals surface area contributed by atoms with Crippen LogP contribution in [-0.2, 0) is 0 Å². The van der Waals surface area contributed by atoms with Gasteiger partial charge in [-0.3, -0.25) is 19.2 Å². The van der Waals surface area contributed by atoms with Gasteiger partial charge in [0, 0.05) is 55.6 Å². The molecule has 0 heterocycles. The minimum atomic E-state index is -0.104. The molecule has 0 saturated heterocycles. The summed E-state index contributed by atoms with van der Waals surface area (Å²) < 4.78 is 0. The standard InChI is InChI=1S/C34H20O2.C22H12O2/c35-33-27-19-23-15-7-8-16-24(23)20-28(27)34(36)32-30(22-13-5-2-6-14-22)26-18-10-9-17-25(26)29(31(32)33)21-11-3-1-4-12-21;23-21-17-9-13-5-1-2-6-14(13)10-18(17)22(24)20-12-16-8-4-3-7-15(16)11-19(20)21/h1-20H;1-12H. The van der Waals surface area contributed by atoms with Gasteiger partial charge < -0.3 is 0 Å². The molecule has 4 nitrogen and oxygen atoms in total. The van der Waals surface area contributed by atoms with Crippen molar-refractivity contribution in [3.63, 3.8) is 0 Å². The van der Waals surface area contributed by atoms with Crippen LogP contribution >= 0.6 is 0 Å². The van der Waals surface area contributed by atoms with Gasteiger partial charge in [0.15, 0.2) is 23.1 Å². The summed E-state index contributed by atoms with van der Waals surface area (Å²) in [6.45, 7) is 0. The summed E-state index contributed by atoms with van der Waals surface area (Å²) in [6, 6.07) is 62.5. The van der Waals surface area contributed by atoms with Crippen LogP contribution < -0.4 is 0 Å². The van der Waals surface area contributed by atoms with Gasteiger partial charge >= 0.3 is 0 Å². The van der Waals surface area contributed by atoms with E-state index in [0.29, 0.717) is 44.5 Å². The Kier molecular flexibility index (Phi) is 8.07. The molecule has 0 fully saturated rings. The molecule has 280 valence electrons. The second-order valence-electron chi connectivity index (χ2n) is 15.3. The molecular weight excluding hydrogens is 737 g/mol. The summed E-state index contributed by atoms with van der Waals surface area (Å²) in [6.07, 6.45) is 0. The van der Waals surface area contributed by atoms with Crippen molar-refractivity contribution in [3.05, 3.63) is 239 Å². The van der Waals surface area contributed by atoms with Crippen molar-refractivity contribution in [2.24, 2.45) is 0 Å². The third-order valence-electron chi connectivity index (χ3n) is 11.9. The van der Waals surface area contributed by atoms with E-state index in [2.05, 4.69) is 12.1 Å². The monoisotopic (exact) mass is 768 g/mol. The van der Waals surface area contributed by atoms with Crippen LogP contribution in [0.2, 0.25) is 0 Å². The first kappa shape index (κ1) is 35.1. The molecule has 12 rings (SSSR count). The van der Waals surface area contributed by atoms with Crippen LogP contribution in [0.4, 0.5) is 0 Å². The van der Waals surface area contributed by atoms with Crippen molar-refractivity contribution in [3.8, 4) is 22.3 Å². The van der Waals surface area contributed by atoms with E-state index < -0.39 is 0 Å². The van der Waals surface area contributed by atoms with Crippen molar-refractivity contribution in [2.75, 3.05) is 0 Å². The molecule has 0 spiro atoms. The minimum Gasteiger partial charge on any atom is -0.289 e. The van der Waals surface area contributed by atoms with Gasteiger partial charge in [0.05, 0.1) is 0 Å². The number of benzene rings is 10. The molecule has 0 aliphatic heterocycles. The SMILES string of the molecule is O=C1c2cc3ccccc3cc2C(=O)c2c1c(-c1ccccc1)c1ccccc1c2-c1ccccc1.O=C1c2cc3ccccc3cc2C(=O)c2cc3ccccc3cc21. The first-order valence-electron chi connectivity index (χ1n) is 19.9. The molecule has 0 bridgehead atoms. The zero-order valence-electron chi connectivity index (χ0n) is 32.1. The predicted octanol–water partition coefficient (Wildman–Crippen LogP) is 12.9. The Hall–Kier alpha value is -8.08. The second kappa shape index (κ2) is 13.8. The average Bonchev–Trinajstić information content (AvgIpc) is 3.31. The van der Waals surface area contributed by atoms with E-state index >= 15 is 0 Å². The molecule has 0 atom stereocenters. The number of hydrogen-bond acceptors (Lipinski definition) is 4. The molecule has 10 aromatic rings. The molecule has 0 radical (unpaired) electrons. The number of ketones is 4. The zero-order chi connectivity index (χ0) is 40.5. The van der Waals surface area contributed by atoms with Crippen LogP contribution in [0.5, 0.6) is 0 Å². The van der Waals surface area contributed by atoms with E-state index in [1.54, 1.807) is 0 Å². The van der Waals surface area contributed by atoms with Crippen molar-refractivity contribution in [1.82, 2.24) is 0 Å². The van der Waals surface area contributed by atoms with Gasteiger partial charge in [-0.25, -0.2) is 0 Å². The van der Waals surface area contributed by atoms with Gasteiger partial charge in [0.25, 0.3) is 0 Å². The van der Waals surface area contributed by atoms with Gasteiger partial charge in [0.1, 0.15) is 0 Å². The Balaban J connectivity index is 0.000000147. The van der Waals surface area contributed by atoms with Crippen LogP contribution in [0, 0.1) is 0 Å². The lowest BCUT2D eigenvalue weighted by atomic mass is 9.74. The fourth-order valence-electron chi connectivity index (χ4n) is 9.11. The summed E-state index contributed by atoms with van der Waals surface area (Å²) in [5.41, 5.74) is 7.42. The largest absolute Gasteiger partial charge is 0.289 e. The fraction of sp³-hybridized carbons (Fsp3) is 0. The van der Waals surface area contributed by atoms with Crippen molar-refractivity contribution < 1.29 is 19.2 Å². The maximum absolute atomic E-state index is 14.4. The van der Waals surface area contributed by atoms with E-state index in [4.69, 9.17) is 0 Å². The summed E-state index contributed by atoms with van der Waals surface area (Å²) in [5.74, 6) is -0.355. The van der Waals surface area contributed by atoms with Gasteiger partial charge in [0.2, 0.25) is 0 Å². The zero-order valence-corrected chi connectivity index (χ0v) is 32.1. The molecule has 0 unspecified atom stereocenters. The van der Waals surface area contributed by atoms with Crippen molar-refractivity contribution in [2.45, 2.75) is 0 Å². The van der Waals surface area contributed by atoms with E-state index in [1.165, 1.54) is 0 Å². The normalized spacial score (nSPS) is 12.8. The highest BCUT2D eigenvalue weighted by Crippen LogP contribution is 2.46. The van der Waals surface area contributed by atoms with E-state index in [-0.39, 0.29) is 23.1 Å². The van der Waals surface area contributed by atoms with Crippen molar-refractivity contribution >= 4 is 66.2 Å². The topological polar surface area (TPSA) is 68.3 Å². The summed E-state index contributed by atoms with van der Waals surface area (Å²) in [7, 11) is 0.